The van der Waals surface area contributed by atoms with Crippen LogP contribution in [0, 0.1) is 0 Å². The number of aromatic nitrogens is 4. The van der Waals surface area contributed by atoms with Crippen molar-refractivity contribution in [2.24, 2.45) is 0 Å². The fraction of sp³-hybridized carbons (Fsp3) is 0.200. The molecule has 0 aliphatic heterocycles. The molecule has 1 amide bonds. The predicted octanol–water partition coefficient (Wildman–Crippen LogP) is 4.47. The molecule has 0 radical (unpaired) electrons. The van der Waals surface area contributed by atoms with E-state index in [1.54, 1.807) is 32.7 Å². The van der Waals surface area contributed by atoms with Gasteiger partial charge in [-0.25, -0.2) is 0 Å². The number of carbonyl (C=O) groups excluding carboxylic acids is 1. The molecular formula is C25H25N5O3S. The lowest BCUT2D eigenvalue weighted by Gasteiger charge is -2.18. The number of nitrogens with zero attached hydrogens (tertiary/aromatic N) is 4. The highest BCUT2D eigenvalue weighted by Crippen LogP contribution is 2.37. The highest BCUT2D eigenvalue weighted by Gasteiger charge is 2.26. The Kier molecular flexibility index (Phi) is 7.90. The van der Waals surface area contributed by atoms with Crippen molar-refractivity contribution in [3.05, 3.63) is 84.7 Å². The summed E-state index contributed by atoms with van der Waals surface area (Å²) in [5.41, 5.74) is 2.41. The number of rotatable bonds is 10. The third-order valence-electron chi connectivity index (χ3n) is 5.08. The van der Waals surface area contributed by atoms with Gasteiger partial charge in [0.1, 0.15) is 11.0 Å². The van der Waals surface area contributed by atoms with Crippen molar-refractivity contribution in [2.45, 2.75) is 17.0 Å². The van der Waals surface area contributed by atoms with E-state index in [1.807, 2.05) is 65.2 Å². The maximum atomic E-state index is 13.5. The molecule has 0 fully saturated rings. The number of benzene rings is 2. The SMILES string of the molecule is COCCn1c(SC(C(=O)Nc2cccc(OC)c2)c2ccccc2)nnc1-c1ccncc1. The zero-order valence-corrected chi connectivity index (χ0v) is 19.7. The molecule has 1 atom stereocenters. The predicted molar refractivity (Wildman–Crippen MR) is 132 cm³/mol. The van der Waals surface area contributed by atoms with Gasteiger partial charge in [0.2, 0.25) is 5.91 Å². The molecule has 2 heterocycles. The summed E-state index contributed by atoms with van der Waals surface area (Å²) < 4.78 is 12.6. The molecule has 8 nitrogen and oxygen atoms in total. The molecule has 0 bridgehead atoms. The van der Waals surface area contributed by atoms with Crippen molar-refractivity contribution in [2.75, 3.05) is 26.1 Å². The summed E-state index contributed by atoms with van der Waals surface area (Å²) in [5, 5.41) is 11.9. The number of hydrogen-bond acceptors (Lipinski definition) is 7. The number of methoxy groups -OCH3 is 2. The second-order valence-electron chi connectivity index (χ2n) is 7.32. The summed E-state index contributed by atoms with van der Waals surface area (Å²) in [4.78, 5) is 17.5. The third kappa shape index (κ3) is 5.62. The lowest BCUT2D eigenvalue weighted by atomic mass is 10.1. The van der Waals surface area contributed by atoms with E-state index in [-0.39, 0.29) is 5.91 Å². The van der Waals surface area contributed by atoms with E-state index in [9.17, 15) is 4.79 Å². The molecular weight excluding hydrogens is 450 g/mol. The van der Waals surface area contributed by atoms with E-state index >= 15 is 0 Å². The van der Waals surface area contributed by atoms with Gasteiger partial charge in [0.05, 0.1) is 20.3 Å². The standard InChI is InChI=1S/C25H25N5O3S/c1-32-16-15-30-23(19-11-13-26-14-12-19)28-29-25(30)34-22(18-7-4-3-5-8-18)24(31)27-20-9-6-10-21(17-20)33-2/h3-14,17,22H,15-16H2,1-2H3,(H,27,31). The van der Waals surface area contributed by atoms with Gasteiger partial charge in [-0.1, -0.05) is 48.2 Å². The molecule has 0 saturated heterocycles. The molecule has 4 aromatic rings. The number of carbonyl (C=O) groups is 1. The maximum Gasteiger partial charge on any atom is 0.242 e. The first-order valence-electron chi connectivity index (χ1n) is 10.7. The van der Waals surface area contributed by atoms with Crippen LogP contribution < -0.4 is 10.1 Å². The van der Waals surface area contributed by atoms with Gasteiger partial charge in [0.25, 0.3) is 0 Å². The van der Waals surface area contributed by atoms with E-state index < -0.39 is 5.25 Å². The summed E-state index contributed by atoms with van der Waals surface area (Å²) in [6.07, 6.45) is 3.43. The number of hydrogen-bond donors (Lipinski definition) is 1. The van der Waals surface area contributed by atoms with Gasteiger partial charge >= 0.3 is 0 Å². The third-order valence-corrected chi connectivity index (χ3v) is 6.31. The summed E-state index contributed by atoms with van der Waals surface area (Å²) in [7, 11) is 3.24. The smallest absolute Gasteiger partial charge is 0.242 e. The van der Waals surface area contributed by atoms with Crippen LogP contribution in [0.25, 0.3) is 11.4 Å². The van der Waals surface area contributed by atoms with Crippen LogP contribution in [0.15, 0.2) is 84.3 Å². The van der Waals surface area contributed by atoms with E-state index in [0.717, 1.165) is 11.1 Å². The molecule has 174 valence electrons. The van der Waals surface area contributed by atoms with Crippen molar-refractivity contribution < 1.29 is 14.3 Å². The average Bonchev–Trinajstić information content (AvgIpc) is 3.29. The van der Waals surface area contributed by atoms with Crippen molar-refractivity contribution in [1.29, 1.82) is 0 Å². The molecule has 9 heteroatoms. The normalized spacial score (nSPS) is 11.7. The number of amides is 1. The lowest BCUT2D eigenvalue weighted by molar-refractivity contribution is -0.115. The Morgan fingerprint density at radius 1 is 1.03 bits per heavy atom. The molecule has 0 spiro atoms. The van der Waals surface area contributed by atoms with E-state index in [1.165, 1.54) is 11.8 Å². The van der Waals surface area contributed by atoms with Gasteiger partial charge in [-0.15, -0.1) is 10.2 Å². The van der Waals surface area contributed by atoms with Crippen LogP contribution in [0.2, 0.25) is 0 Å². The monoisotopic (exact) mass is 475 g/mol. The van der Waals surface area contributed by atoms with Crippen molar-refractivity contribution >= 4 is 23.4 Å². The largest absolute Gasteiger partial charge is 0.497 e. The second-order valence-corrected chi connectivity index (χ2v) is 8.39. The average molecular weight is 476 g/mol. The Hall–Kier alpha value is -3.69. The van der Waals surface area contributed by atoms with Gasteiger partial charge < -0.3 is 14.8 Å². The molecule has 4 rings (SSSR count). The first-order valence-corrected chi connectivity index (χ1v) is 11.6. The van der Waals surface area contributed by atoms with Crippen LogP contribution >= 0.6 is 11.8 Å². The number of nitrogens with one attached hydrogen (secondary N) is 1. The van der Waals surface area contributed by atoms with Crippen LogP contribution in [0.4, 0.5) is 5.69 Å². The molecule has 2 aromatic heterocycles. The Morgan fingerprint density at radius 2 is 1.82 bits per heavy atom. The highest BCUT2D eigenvalue weighted by molar-refractivity contribution is 8.00. The summed E-state index contributed by atoms with van der Waals surface area (Å²) in [6.45, 7) is 1.03. The van der Waals surface area contributed by atoms with E-state index in [0.29, 0.717) is 35.6 Å². The van der Waals surface area contributed by atoms with Crippen LogP contribution in [-0.2, 0) is 16.1 Å². The molecule has 2 aromatic carbocycles. The number of thioether (sulfide) groups is 1. The van der Waals surface area contributed by atoms with E-state index in [4.69, 9.17) is 9.47 Å². The van der Waals surface area contributed by atoms with Gasteiger partial charge in [-0.3, -0.25) is 14.3 Å². The van der Waals surface area contributed by atoms with Crippen LogP contribution in [0.1, 0.15) is 10.8 Å². The fourth-order valence-electron chi connectivity index (χ4n) is 3.39. The zero-order valence-electron chi connectivity index (χ0n) is 18.9. The van der Waals surface area contributed by atoms with Crippen molar-refractivity contribution in [1.82, 2.24) is 19.7 Å². The quantitative estimate of drug-likeness (QED) is 0.339. The topological polar surface area (TPSA) is 91.2 Å². The fourth-order valence-corrected chi connectivity index (χ4v) is 4.45. The van der Waals surface area contributed by atoms with Gasteiger partial charge in [0, 0.05) is 36.8 Å². The molecule has 0 saturated carbocycles. The van der Waals surface area contributed by atoms with Crippen molar-refractivity contribution in [3.63, 3.8) is 0 Å². The Balaban J connectivity index is 1.66. The minimum atomic E-state index is -0.553. The first-order chi connectivity index (χ1) is 16.7. The molecule has 1 N–H and O–H groups in total. The van der Waals surface area contributed by atoms with Gasteiger partial charge in [0.15, 0.2) is 11.0 Å². The summed E-state index contributed by atoms with van der Waals surface area (Å²) in [5.74, 6) is 1.20. The lowest BCUT2D eigenvalue weighted by Crippen LogP contribution is -2.20. The minimum Gasteiger partial charge on any atom is -0.497 e. The van der Waals surface area contributed by atoms with E-state index in [2.05, 4.69) is 20.5 Å². The minimum absolute atomic E-state index is 0.170. The number of pyridine rings is 1. The zero-order chi connectivity index (χ0) is 23.8. The highest BCUT2D eigenvalue weighted by atomic mass is 32.2. The Morgan fingerprint density at radius 3 is 2.56 bits per heavy atom. The number of ether oxygens (including phenoxy) is 2. The van der Waals surface area contributed by atoms with Gasteiger partial charge in [-0.05, 0) is 29.8 Å². The molecule has 34 heavy (non-hydrogen) atoms. The van der Waals surface area contributed by atoms with Crippen molar-refractivity contribution in [3.8, 4) is 17.1 Å². The first kappa shape index (κ1) is 23.5. The van der Waals surface area contributed by atoms with Crippen LogP contribution in [0.3, 0.4) is 0 Å². The van der Waals surface area contributed by atoms with Crippen LogP contribution in [0.5, 0.6) is 5.75 Å². The molecule has 0 aliphatic carbocycles. The van der Waals surface area contributed by atoms with Gasteiger partial charge in [-0.2, -0.15) is 0 Å². The second kappa shape index (κ2) is 11.4. The number of anilines is 1. The maximum absolute atomic E-state index is 13.5. The molecule has 0 aliphatic rings. The summed E-state index contributed by atoms with van der Waals surface area (Å²) in [6, 6.07) is 20.7. The Labute approximate surface area is 202 Å². The summed E-state index contributed by atoms with van der Waals surface area (Å²) >= 11 is 1.35. The van der Waals surface area contributed by atoms with Crippen LogP contribution in [-0.4, -0.2) is 46.5 Å². The molecule has 1 unspecified atom stereocenters. The Bertz CT molecular complexity index is 1220.